The number of rotatable bonds is 2. The van der Waals surface area contributed by atoms with Crippen LogP contribution in [-0.4, -0.2) is 63.3 Å². The molecule has 2 atom stereocenters. The number of nitrogens with one attached hydrogen (secondary N) is 2. The summed E-state index contributed by atoms with van der Waals surface area (Å²) in [5.74, 6) is 0.868. The Morgan fingerprint density at radius 2 is 2.08 bits per heavy atom. The summed E-state index contributed by atoms with van der Waals surface area (Å²) in [7, 11) is 0. The summed E-state index contributed by atoms with van der Waals surface area (Å²) in [6, 6.07) is 0. The maximum atomic E-state index is 12.9. The molecule has 2 N–H and O–H groups in total. The number of piperazine rings is 1. The van der Waals surface area contributed by atoms with Gasteiger partial charge in [0.15, 0.2) is 5.69 Å². The van der Waals surface area contributed by atoms with Crippen molar-refractivity contribution < 1.29 is 9.53 Å². The first-order valence-electron chi connectivity index (χ1n) is 8.39. The fourth-order valence-corrected chi connectivity index (χ4v) is 3.55. The van der Waals surface area contributed by atoms with E-state index in [-0.39, 0.29) is 18.1 Å². The van der Waals surface area contributed by atoms with Gasteiger partial charge >= 0.3 is 0 Å². The number of H-pyrrole nitrogens is 2. The van der Waals surface area contributed by atoms with Gasteiger partial charge in [-0.2, -0.15) is 5.10 Å². The number of nitrogens with zero attached hydrogens (tertiary/aromatic N) is 4. The van der Waals surface area contributed by atoms with Crippen molar-refractivity contribution in [3.05, 3.63) is 29.3 Å². The van der Waals surface area contributed by atoms with Crippen LogP contribution < -0.4 is 4.90 Å². The standard InChI is InChI=1S/C16H22N6O2/c1-10-9-12-13(11(2)24-10)19-20-14(12)15(23)21-5-7-22(8-6-21)16-17-3-4-18-16/h3-4,10-11H,5-9H2,1-2H3,(H,17,18)(H,19,20)/t10-,11+/m1/s1. The maximum absolute atomic E-state index is 12.9. The molecule has 1 fully saturated rings. The number of fused-ring (bicyclic) bond motifs is 1. The van der Waals surface area contributed by atoms with E-state index in [1.165, 1.54) is 0 Å². The van der Waals surface area contributed by atoms with Gasteiger partial charge in [0.05, 0.1) is 17.9 Å². The first kappa shape index (κ1) is 15.2. The third kappa shape index (κ3) is 2.56. The molecule has 4 rings (SSSR count). The van der Waals surface area contributed by atoms with Gasteiger partial charge in [-0.05, 0) is 13.8 Å². The highest BCUT2D eigenvalue weighted by atomic mass is 16.5. The summed E-state index contributed by atoms with van der Waals surface area (Å²) in [5, 5.41) is 7.30. The van der Waals surface area contributed by atoms with E-state index in [4.69, 9.17) is 4.74 Å². The first-order chi connectivity index (χ1) is 11.6. The van der Waals surface area contributed by atoms with Gasteiger partial charge in [-0.1, -0.05) is 0 Å². The van der Waals surface area contributed by atoms with Gasteiger partial charge in [-0.25, -0.2) is 4.98 Å². The Balaban J connectivity index is 1.48. The fourth-order valence-electron chi connectivity index (χ4n) is 3.55. The highest BCUT2D eigenvalue weighted by molar-refractivity contribution is 5.94. The first-order valence-corrected chi connectivity index (χ1v) is 8.39. The third-order valence-corrected chi connectivity index (χ3v) is 4.79. The Bertz CT molecular complexity index is 717. The van der Waals surface area contributed by atoms with Crippen LogP contribution in [0.5, 0.6) is 0 Å². The third-order valence-electron chi connectivity index (χ3n) is 4.79. The molecule has 0 unspecified atom stereocenters. The number of hydrogen-bond donors (Lipinski definition) is 2. The van der Waals surface area contributed by atoms with E-state index in [9.17, 15) is 4.79 Å². The fraction of sp³-hybridized carbons (Fsp3) is 0.562. The molecule has 2 aromatic heterocycles. The van der Waals surface area contributed by atoms with Crippen LogP contribution in [0.25, 0.3) is 0 Å². The molecular weight excluding hydrogens is 308 g/mol. The van der Waals surface area contributed by atoms with E-state index in [0.29, 0.717) is 18.8 Å². The smallest absolute Gasteiger partial charge is 0.274 e. The van der Waals surface area contributed by atoms with Crippen LogP contribution in [-0.2, 0) is 11.2 Å². The lowest BCUT2D eigenvalue weighted by atomic mass is 9.99. The predicted octanol–water partition coefficient (Wildman–Crippen LogP) is 1.12. The van der Waals surface area contributed by atoms with Crippen molar-refractivity contribution in [1.29, 1.82) is 0 Å². The van der Waals surface area contributed by atoms with Gasteiger partial charge in [-0.15, -0.1) is 0 Å². The minimum atomic E-state index is -0.0476. The number of ether oxygens (including phenoxy) is 1. The quantitative estimate of drug-likeness (QED) is 0.861. The van der Waals surface area contributed by atoms with Crippen LogP contribution in [0, 0.1) is 0 Å². The molecule has 0 bridgehead atoms. The summed E-state index contributed by atoms with van der Waals surface area (Å²) in [6.45, 7) is 6.89. The van der Waals surface area contributed by atoms with Crippen LogP contribution in [0.4, 0.5) is 5.95 Å². The lowest BCUT2D eigenvalue weighted by molar-refractivity contribution is -0.00702. The summed E-state index contributed by atoms with van der Waals surface area (Å²) < 4.78 is 5.79. The van der Waals surface area contributed by atoms with E-state index in [1.807, 2.05) is 24.9 Å². The minimum absolute atomic E-state index is 0.00731. The monoisotopic (exact) mass is 330 g/mol. The van der Waals surface area contributed by atoms with Crippen molar-refractivity contribution in [2.45, 2.75) is 32.5 Å². The summed E-state index contributed by atoms with van der Waals surface area (Å²) in [6.07, 6.45) is 4.34. The van der Waals surface area contributed by atoms with Crippen LogP contribution in [0.3, 0.4) is 0 Å². The number of carbonyl (C=O) groups is 1. The Morgan fingerprint density at radius 3 is 2.79 bits per heavy atom. The number of anilines is 1. The molecule has 2 aliphatic rings. The number of amides is 1. The topological polar surface area (TPSA) is 90.1 Å². The second-order valence-electron chi connectivity index (χ2n) is 6.45. The zero-order chi connectivity index (χ0) is 16.7. The Labute approximate surface area is 140 Å². The average molecular weight is 330 g/mol. The number of imidazole rings is 1. The SMILES string of the molecule is C[C@@H]1Cc2c(C(=O)N3CCN(c4ncc[nH]4)CC3)n[nH]c2[C@H](C)O1. The highest BCUT2D eigenvalue weighted by Crippen LogP contribution is 2.30. The molecular formula is C16H22N6O2. The van der Waals surface area contributed by atoms with E-state index < -0.39 is 0 Å². The predicted molar refractivity (Wildman–Crippen MR) is 88.0 cm³/mol. The van der Waals surface area contributed by atoms with Gasteiger partial charge in [-0.3, -0.25) is 9.89 Å². The molecule has 4 heterocycles. The lowest BCUT2D eigenvalue weighted by Crippen LogP contribution is -2.49. The van der Waals surface area contributed by atoms with Gasteiger partial charge in [0, 0.05) is 50.6 Å². The number of aromatic nitrogens is 4. The largest absolute Gasteiger partial charge is 0.369 e. The second kappa shape index (κ2) is 5.94. The van der Waals surface area contributed by atoms with E-state index >= 15 is 0 Å². The summed E-state index contributed by atoms with van der Waals surface area (Å²) >= 11 is 0. The van der Waals surface area contributed by atoms with Gasteiger partial charge in [0.1, 0.15) is 0 Å². The molecule has 1 saturated heterocycles. The Hall–Kier alpha value is -2.35. The molecule has 128 valence electrons. The molecule has 8 heteroatoms. The van der Waals surface area contributed by atoms with Crippen LogP contribution in [0.2, 0.25) is 0 Å². The number of aromatic amines is 2. The summed E-state index contributed by atoms with van der Waals surface area (Å²) in [4.78, 5) is 24.3. The molecule has 2 aliphatic heterocycles. The van der Waals surface area contributed by atoms with E-state index in [0.717, 1.165) is 36.7 Å². The summed E-state index contributed by atoms with van der Waals surface area (Å²) in [5.41, 5.74) is 2.50. The van der Waals surface area contributed by atoms with Crippen molar-refractivity contribution in [1.82, 2.24) is 25.1 Å². The van der Waals surface area contributed by atoms with Gasteiger partial charge < -0.3 is 19.5 Å². The molecule has 24 heavy (non-hydrogen) atoms. The van der Waals surface area contributed by atoms with Crippen LogP contribution in [0.1, 0.15) is 41.7 Å². The normalized spacial score (nSPS) is 24.1. The van der Waals surface area contributed by atoms with Crippen molar-refractivity contribution in [3.8, 4) is 0 Å². The molecule has 1 amide bonds. The van der Waals surface area contributed by atoms with Crippen molar-refractivity contribution in [2.75, 3.05) is 31.1 Å². The van der Waals surface area contributed by atoms with Crippen molar-refractivity contribution in [3.63, 3.8) is 0 Å². The minimum Gasteiger partial charge on any atom is -0.369 e. The van der Waals surface area contributed by atoms with Crippen LogP contribution in [0.15, 0.2) is 12.4 Å². The zero-order valence-corrected chi connectivity index (χ0v) is 14.0. The van der Waals surface area contributed by atoms with Gasteiger partial charge in [0.25, 0.3) is 5.91 Å². The van der Waals surface area contributed by atoms with E-state index in [1.54, 1.807) is 6.20 Å². The molecule has 0 radical (unpaired) electrons. The number of hydrogen-bond acceptors (Lipinski definition) is 5. The van der Waals surface area contributed by atoms with Crippen molar-refractivity contribution >= 4 is 11.9 Å². The maximum Gasteiger partial charge on any atom is 0.274 e. The Morgan fingerprint density at radius 1 is 1.29 bits per heavy atom. The molecule has 0 aliphatic carbocycles. The molecule has 0 aromatic carbocycles. The Kier molecular flexibility index (Phi) is 3.76. The molecule has 0 saturated carbocycles. The van der Waals surface area contributed by atoms with Gasteiger partial charge in [0.2, 0.25) is 5.95 Å². The number of carbonyl (C=O) groups excluding carboxylic acids is 1. The zero-order valence-electron chi connectivity index (χ0n) is 14.0. The molecule has 2 aromatic rings. The second-order valence-corrected chi connectivity index (χ2v) is 6.45. The lowest BCUT2D eigenvalue weighted by Gasteiger charge is -2.34. The highest BCUT2D eigenvalue weighted by Gasteiger charge is 2.32. The average Bonchev–Trinajstić information content (AvgIpc) is 3.24. The van der Waals surface area contributed by atoms with E-state index in [2.05, 4.69) is 25.1 Å². The molecule has 8 nitrogen and oxygen atoms in total. The van der Waals surface area contributed by atoms with Crippen LogP contribution >= 0.6 is 0 Å². The molecule has 0 spiro atoms. The van der Waals surface area contributed by atoms with Crippen molar-refractivity contribution in [2.24, 2.45) is 0 Å².